The van der Waals surface area contributed by atoms with Crippen LogP contribution in [0.5, 0.6) is 5.75 Å². The average Bonchev–Trinajstić information content (AvgIpc) is 3.30. The Balaban J connectivity index is 1.87. The molecule has 2 heterocycles. The predicted octanol–water partition coefficient (Wildman–Crippen LogP) is 3.27. The van der Waals surface area contributed by atoms with Crippen LogP contribution in [0.3, 0.4) is 0 Å². The molecule has 9 nitrogen and oxygen atoms in total. The quantitative estimate of drug-likeness (QED) is 0.578. The number of rotatable bonds is 7. The molecule has 1 amide bonds. The summed E-state index contributed by atoms with van der Waals surface area (Å²) in [4.78, 5) is 12.7. The number of tetrazole rings is 1. The van der Waals surface area contributed by atoms with Gasteiger partial charge in [-0.1, -0.05) is 11.8 Å². The lowest BCUT2D eigenvalue weighted by molar-refractivity contribution is -0.113. The maximum atomic E-state index is 12.7. The van der Waals surface area contributed by atoms with Crippen LogP contribution in [0, 0.1) is 25.2 Å². The molecule has 0 saturated heterocycles. The van der Waals surface area contributed by atoms with Crippen LogP contribution in [-0.2, 0) is 4.79 Å². The van der Waals surface area contributed by atoms with Gasteiger partial charge in [0.25, 0.3) is 0 Å². The highest BCUT2D eigenvalue weighted by Gasteiger charge is 2.21. The number of anilines is 1. The Bertz CT molecular complexity index is 1090. The zero-order chi connectivity index (χ0) is 21.8. The van der Waals surface area contributed by atoms with Gasteiger partial charge in [-0.15, -0.1) is 5.10 Å². The van der Waals surface area contributed by atoms with E-state index in [1.54, 1.807) is 11.8 Å². The van der Waals surface area contributed by atoms with Crippen LogP contribution in [0.4, 0.5) is 5.82 Å². The van der Waals surface area contributed by atoms with Gasteiger partial charge in [-0.25, -0.2) is 4.68 Å². The van der Waals surface area contributed by atoms with Crippen LogP contribution < -0.4 is 10.1 Å². The lowest BCUT2D eigenvalue weighted by atomic mass is 10.2. The molecule has 1 N–H and O–H groups in total. The first-order valence-corrected chi connectivity index (χ1v) is 10.3. The number of carbonyl (C=O) groups excluding carboxylic acids is 1. The Morgan fingerprint density at radius 3 is 2.60 bits per heavy atom. The normalized spacial score (nSPS) is 10.8. The molecule has 3 rings (SSSR count). The molecule has 0 radical (unpaired) electrons. The molecular formula is C20H23N7O2S. The summed E-state index contributed by atoms with van der Waals surface area (Å²) >= 11 is 1.25. The minimum absolute atomic E-state index is 0.0911. The van der Waals surface area contributed by atoms with Gasteiger partial charge < -0.3 is 10.1 Å². The van der Waals surface area contributed by atoms with Crippen molar-refractivity contribution >= 4 is 23.5 Å². The van der Waals surface area contributed by atoms with E-state index in [1.165, 1.54) is 11.8 Å². The summed E-state index contributed by atoms with van der Waals surface area (Å²) in [5.41, 5.74) is 2.96. The Labute approximate surface area is 179 Å². The number of ether oxygens (including phenoxy) is 1. The highest BCUT2D eigenvalue weighted by Crippen LogP contribution is 2.31. The maximum absolute atomic E-state index is 12.7. The Kier molecular flexibility index (Phi) is 6.42. The summed E-state index contributed by atoms with van der Waals surface area (Å²) in [6, 6.07) is 9.74. The van der Waals surface area contributed by atoms with Crippen molar-refractivity contribution in [2.45, 2.75) is 38.9 Å². The number of nitrogens with zero attached hydrogens (tertiary/aromatic N) is 6. The van der Waals surface area contributed by atoms with Gasteiger partial charge in [-0.05, 0) is 68.0 Å². The predicted molar refractivity (Wildman–Crippen MR) is 114 cm³/mol. The molecule has 0 unspecified atom stereocenters. The monoisotopic (exact) mass is 425 g/mol. The fourth-order valence-electron chi connectivity index (χ4n) is 3.02. The second-order valence-corrected chi connectivity index (χ2v) is 7.86. The molecule has 0 atom stereocenters. The van der Waals surface area contributed by atoms with Gasteiger partial charge in [0.2, 0.25) is 11.1 Å². The largest absolute Gasteiger partial charge is 0.497 e. The van der Waals surface area contributed by atoms with Crippen molar-refractivity contribution < 1.29 is 9.53 Å². The van der Waals surface area contributed by atoms with Crippen molar-refractivity contribution in [3.63, 3.8) is 0 Å². The Morgan fingerprint density at radius 1 is 1.30 bits per heavy atom. The second-order valence-electron chi connectivity index (χ2n) is 6.92. The van der Waals surface area contributed by atoms with Crippen LogP contribution >= 0.6 is 11.8 Å². The van der Waals surface area contributed by atoms with E-state index in [0.717, 1.165) is 22.7 Å². The summed E-state index contributed by atoms with van der Waals surface area (Å²) < 4.78 is 8.75. The highest BCUT2D eigenvalue weighted by atomic mass is 32.2. The summed E-state index contributed by atoms with van der Waals surface area (Å²) in [6.45, 7) is 7.72. The minimum atomic E-state index is -0.248. The highest BCUT2D eigenvalue weighted by molar-refractivity contribution is 7.99. The molecule has 10 heteroatoms. The number of hydrogen-bond acceptors (Lipinski definition) is 7. The third-order valence-electron chi connectivity index (χ3n) is 4.70. The van der Waals surface area contributed by atoms with E-state index in [9.17, 15) is 10.1 Å². The van der Waals surface area contributed by atoms with Crippen molar-refractivity contribution in [1.29, 1.82) is 5.26 Å². The number of nitrogens with one attached hydrogen (secondary N) is 1. The van der Waals surface area contributed by atoms with Crippen LogP contribution in [0.2, 0.25) is 0 Å². The number of amides is 1. The first-order chi connectivity index (χ1) is 14.4. The number of hydrogen-bond donors (Lipinski definition) is 1. The third kappa shape index (κ3) is 4.16. The van der Waals surface area contributed by atoms with E-state index in [0.29, 0.717) is 16.5 Å². The summed E-state index contributed by atoms with van der Waals surface area (Å²) in [6.07, 6.45) is 0. The van der Waals surface area contributed by atoms with Crippen LogP contribution in [0.25, 0.3) is 5.69 Å². The van der Waals surface area contributed by atoms with E-state index < -0.39 is 0 Å². The number of methoxy groups -OCH3 is 1. The fourth-order valence-corrected chi connectivity index (χ4v) is 3.82. The van der Waals surface area contributed by atoms with E-state index >= 15 is 0 Å². The lowest BCUT2D eigenvalue weighted by Gasteiger charge is -2.14. The number of carbonyl (C=O) groups is 1. The van der Waals surface area contributed by atoms with E-state index in [-0.39, 0.29) is 17.7 Å². The molecule has 0 aliphatic heterocycles. The molecule has 0 saturated carbocycles. The topological polar surface area (TPSA) is 111 Å². The molecule has 0 spiro atoms. The molecule has 2 aromatic heterocycles. The van der Waals surface area contributed by atoms with E-state index in [1.807, 2.05) is 56.5 Å². The average molecular weight is 426 g/mol. The molecule has 0 fully saturated rings. The zero-order valence-corrected chi connectivity index (χ0v) is 18.3. The minimum Gasteiger partial charge on any atom is -0.497 e. The molecule has 0 bridgehead atoms. The molecule has 3 aromatic rings. The molecular weight excluding hydrogens is 402 g/mol. The number of aromatic nitrogens is 5. The SMILES string of the molecule is COc1ccc(-n2c(C)c(C)c(C#N)c2NC(=O)CSc2nnnn2C(C)C)cc1. The van der Waals surface area contributed by atoms with Crippen LogP contribution in [-0.4, -0.2) is 43.5 Å². The lowest BCUT2D eigenvalue weighted by Crippen LogP contribution is -2.18. The van der Waals surface area contributed by atoms with E-state index in [4.69, 9.17) is 4.74 Å². The summed E-state index contributed by atoms with van der Waals surface area (Å²) in [5.74, 6) is 1.04. The van der Waals surface area contributed by atoms with Gasteiger partial charge in [0, 0.05) is 11.4 Å². The van der Waals surface area contributed by atoms with Gasteiger partial charge in [0.05, 0.1) is 24.5 Å². The van der Waals surface area contributed by atoms with Crippen molar-refractivity contribution in [3.8, 4) is 17.5 Å². The Hall–Kier alpha value is -3.32. The first kappa shape index (κ1) is 21.4. The smallest absolute Gasteiger partial charge is 0.236 e. The van der Waals surface area contributed by atoms with Crippen molar-refractivity contribution in [3.05, 3.63) is 41.1 Å². The van der Waals surface area contributed by atoms with E-state index in [2.05, 4.69) is 26.9 Å². The van der Waals surface area contributed by atoms with Crippen molar-refractivity contribution in [2.24, 2.45) is 0 Å². The molecule has 30 heavy (non-hydrogen) atoms. The van der Waals surface area contributed by atoms with Gasteiger partial charge in [-0.2, -0.15) is 5.26 Å². The molecule has 156 valence electrons. The van der Waals surface area contributed by atoms with Gasteiger partial charge in [-0.3, -0.25) is 9.36 Å². The van der Waals surface area contributed by atoms with Crippen LogP contribution in [0.15, 0.2) is 29.4 Å². The number of nitriles is 1. The van der Waals surface area contributed by atoms with Gasteiger partial charge in [0.15, 0.2) is 0 Å². The molecule has 0 aliphatic rings. The summed E-state index contributed by atoms with van der Waals surface area (Å²) in [7, 11) is 1.60. The fraction of sp³-hybridized carbons (Fsp3) is 0.350. The maximum Gasteiger partial charge on any atom is 0.236 e. The first-order valence-electron chi connectivity index (χ1n) is 9.34. The number of benzene rings is 1. The van der Waals surface area contributed by atoms with Gasteiger partial charge >= 0.3 is 0 Å². The third-order valence-corrected chi connectivity index (χ3v) is 5.63. The summed E-state index contributed by atoms with van der Waals surface area (Å²) in [5, 5.41) is 24.7. The number of thioether (sulfide) groups is 1. The Morgan fingerprint density at radius 2 is 2.00 bits per heavy atom. The molecule has 1 aromatic carbocycles. The molecule has 0 aliphatic carbocycles. The zero-order valence-electron chi connectivity index (χ0n) is 17.5. The van der Waals surface area contributed by atoms with Crippen molar-refractivity contribution in [2.75, 3.05) is 18.2 Å². The van der Waals surface area contributed by atoms with Crippen LogP contribution in [0.1, 0.15) is 36.7 Å². The van der Waals surface area contributed by atoms with Crippen molar-refractivity contribution in [1.82, 2.24) is 24.8 Å². The standard InChI is InChI=1S/C20H23N7O2S/c1-12(2)27-20(23-24-25-27)30-11-18(28)22-19-17(10-21)13(3)14(4)26(19)15-6-8-16(29-5)9-7-15/h6-9,12H,11H2,1-5H3,(H,22,28). The second kappa shape index (κ2) is 9.00. The van der Waals surface area contributed by atoms with Gasteiger partial charge in [0.1, 0.15) is 17.6 Å².